The van der Waals surface area contributed by atoms with Gasteiger partial charge in [-0.25, -0.2) is 8.78 Å². The number of nitrogens with zero attached hydrogens (tertiary/aromatic N) is 2. The Kier molecular flexibility index (Phi) is 5.22. The van der Waals surface area contributed by atoms with Crippen LogP contribution in [0.25, 0.3) is 0 Å². The highest BCUT2D eigenvalue weighted by atomic mass is 19.1. The van der Waals surface area contributed by atoms with Crippen LogP contribution < -0.4 is 10.6 Å². The highest BCUT2D eigenvalue weighted by molar-refractivity contribution is 5.47. The summed E-state index contributed by atoms with van der Waals surface area (Å²) in [6.45, 7) is 3.26. The van der Waals surface area contributed by atoms with Crippen LogP contribution in [-0.4, -0.2) is 18.1 Å². The summed E-state index contributed by atoms with van der Waals surface area (Å²) >= 11 is 0. The highest BCUT2D eigenvalue weighted by Gasteiger charge is 2.13. The topological polar surface area (TPSA) is 42.1 Å². The predicted octanol–water partition coefficient (Wildman–Crippen LogP) is 3.28. The molecule has 112 valence electrons. The van der Waals surface area contributed by atoms with Crippen molar-refractivity contribution >= 4 is 5.69 Å². The SMILES string of the molecule is CCN(CCC(N)c1ccc(F)cn1)c1ccccc1F. The van der Waals surface area contributed by atoms with Gasteiger partial charge in [0.1, 0.15) is 11.6 Å². The lowest BCUT2D eigenvalue weighted by atomic mass is 10.1. The second kappa shape index (κ2) is 7.13. The summed E-state index contributed by atoms with van der Waals surface area (Å²) in [5, 5.41) is 0. The summed E-state index contributed by atoms with van der Waals surface area (Å²) in [5.41, 5.74) is 7.27. The summed E-state index contributed by atoms with van der Waals surface area (Å²) < 4.78 is 26.6. The third-order valence-electron chi connectivity index (χ3n) is 3.42. The van der Waals surface area contributed by atoms with Gasteiger partial charge in [0, 0.05) is 19.1 Å². The standard InChI is InChI=1S/C16H19F2N3/c1-2-21(16-6-4-3-5-13(16)18)10-9-14(19)15-8-7-12(17)11-20-15/h3-8,11,14H,2,9-10,19H2,1H3. The predicted molar refractivity (Wildman–Crippen MR) is 80.0 cm³/mol. The third-order valence-corrected chi connectivity index (χ3v) is 3.42. The van der Waals surface area contributed by atoms with Crippen LogP contribution in [0.1, 0.15) is 25.1 Å². The Labute approximate surface area is 123 Å². The second-order valence-electron chi connectivity index (χ2n) is 4.83. The smallest absolute Gasteiger partial charge is 0.146 e. The van der Waals surface area contributed by atoms with Crippen molar-refractivity contribution < 1.29 is 8.78 Å². The number of para-hydroxylation sites is 1. The number of anilines is 1. The number of pyridine rings is 1. The van der Waals surface area contributed by atoms with E-state index in [2.05, 4.69) is 4.98 Å². The first-order chi connectivity index (χ1) is 10.1. The molecule has 2 N–H and O–H groups in total. The van der Waals surface area contributed by atoms with Gasteiger partial charge in [0.2, 0.25) is 0 Å². The molecule has 0 aliphatic rings. The number of halogens is 2. The Bertz CT molecular complexity index is 572. The summed E-state index contributed by atoms with van der Waals surface area (Å²) in [6, 6.07) is 9.30. The summed E-state index contributed by atoms with van der Waals surface area (Å²) in [7, 11) is 0. The maximum atomic E-state index is 13.8. The van der Waals surface area contributed by atoms with Crippen molar-refractivity contribution in [1.29, 1.82) is 0 Å². The monoisotopic (exact) mass is 291 g/mol. The van der Waals surface area contributed by atoms with Crippen LogP contribution in [0.2, 0.25) is 0 Å². The minimum atomic E-state index is -0.382. The second-order valence-corrected chi connectivity index (χ2v) is 4.83. The fraction of sp³-hybridized carbons (Fsp3) is 0.312. The Morgan fingerprint density at radius 3 is 2.57 bits per heavy atom. The van der Waals surface area contributed by atoms with Gasteiger partial charge < -0.3 is 10.6 Å². The van der Waals surface area contributed by atoms with Gasteiger partial charge in [0.15, 0.2) is 0 Å². The van der Waals surface area contributed by atoms with Crippen LogP contribution in [0, 0.1) is 11.6 Å². The highest BCUT2D eigenvalue weighted by Crippen LogP contribution is 2.20. The molecule has 0 radical (unpaired) electrons. The Balaban J connectivity index is 2.00. The molecule has 0 fully saturated rings. The van der Waals surface area contributed by atoms with Gasteiger partial charge in [-0.3, -0.25) is 4.98 Å². The minimum Gasteiger partial charge on any atom is -0.369 e. The molecule has 3 nitrogen and oxygen atoms in total. The first kappa shape index (κ1) is 15.4. The average molecular weight is 291 g/mol. The summed E-state index contributed by atoms with van der Waals surface area (Å²) in [6.07, 6.45) is 1.77. The largest absolute Gasteiger partial charge is 0.369 e. The number of aromatic nitrogens is 1. The van der Waals surface area contributed by atoms with Gasteiger partial charge in [-0.2, -0.15) is 0 Å². The number of nitrogens with two attached hydrogens (primary N) is 1. The zero-order valence-electron chi connectivity index (χ0n) is 12.0. The zero-order valence-corrected chi connectivity index (χ0v) is 12.0. The van der Waals surface area contributed by atoms with E-state index in [1.165, 1.54) is 12.1 Å². The quantitative estimate of drug-likeness (QED) is 0.888. The molecule has 0 saturated heterocycles. The molecule has 2 rings (SSSR count). The van der Waals surface area contributed by atoms with E-state index in [4.69, 9.17) is 5.73 Å². The van der Waals surface area contributed by atoms with Crippen molar-refractivity contribution in [3.63, 3.8) is 0 Å². The number of hydrogen-bond acceptors (Lipinski definition) is 3. The van der Waals surface area contributed by atoms with Crippen LogP contribution in [0.15, 0.2) is 42.6 Å². The van der Waals surface area contributed by atoms with Crippen LogP contribution in [0.4, 0.5) is 14.5 Å². The molecule has 1 unspecified atom stereocenters. The minimum absolute atomic E-state index is 0.243. The van der Waals surface area contributed by atoms with E-state index in [1.54, 1.807) is 18.2 Å². The molecular formula is C16H19F2N3. The molecule has 0 aliphatic heterocycles. The molecule has 0 spiro atoms. The molecule has 0 aliphatic carbocycles. The van der Waals surface area contributed by atoms with Crippen LogP contribution in [-0.2, 0) is 0 Å². The lowest BCUT2D eigenvalue weighted by Crippen LogP contribution is -2.28. The van der Waals surface area contributed by atoms with Crippen molar-refractivity contribution in [2.24, 2.45) is 5.73 Å². The maximum absolute atomic E-state index is 13.8. The van der Waals surface area contributed by atoms with E-state index in [9.17, 15) is 8.78 Å². The van der Waals surface area contributed by atoms with Gasteiger partial charge in [-0.1, -0.05) is 12.1 Å². The molecule has 1 aromatic carbocycles. The van der Waals surface area contributed by atoms with Gasteiger partial charge >= 0.3 is 0 Å². The fourth-order valence-electron chi connectivity index (χ4n) is 2.21. The van der Waals surface area contributed by atoms with Crippen LogP contribution in [0.3, 0.4) is 0 Å². The van der Waals surface area contributed by atoms with Crippen molar-refractivity contribution in [3.8, 4) is 0 Å². The van der Waals surface area contributed by atoms with Crippen molar-refractivity contribution in [1.82, 2.24) is 4.98 Å². The van der Waals surface area contributed by atoms with Crippen molar-refractivity contribution in [2.75, 3.05) is 18.0 Å². The summed E-state index contributed by atoms with van der Waals surface area (Å²) in [5.74, 6) is -0.625. The van der Waals surface area contributed by atoms with Gasteiger partial charge in [-0.15, -0.1) is 0 Å². The van der Waals surface area contributed by atoms with E-state index in [0.717, 1.165) is 6.20 Å². The number of hydrogen-bond donors (Lipinski definition) is 1. The molecule has 1 atom stereocenters. The van der Waals surface area contributed by atoms with E-state index in [0.29, 0.717) is 30.9 Å². The van der Waals surface area contributed by atoms with E-state index in [-0.39, 0.29) is 17.7 Å². The van der Waals surface area contributed by atoms with E-state index < -0.39 is 0 Å². The first-order valence-electron chi connectivity index (χ1n) is 6.98. The fourth-order valence-corrected chi connectivity index (χ4v) is 2.21. The lowest BCUT2D eigenvalue weighted by molar-refractivity contribution is 0.584. The summed E-state index contributed by atoms with van der Waals surface area (Å²) in [4.78, 5) is 5.91. The maximum Gasteiger partial charge on any atom is 0.146 e. The van der Waals surface area contributed by atoms with Crippen molar-refractivity contribution in [2.45, 2.75) is 19.4 Å². The molecule has 5 heteroatoms. The molecule has 1 aromatic heterocycles. The van der Waals surface area contributed by atoms with Crippen LogP contribution >= 0.6 is 0 Å². The molecule has 2 aromatic rings. The normalized spacial score (nSPS) is 12.2. The first-order valence-corrected chi connectivity index (χ1v) is 6.98. The number of benzene rings is 1. The third kappa shape index (κ3) is 3.98. The average Bonchev–Trinajstić information content (AvgIpc) is 2.50. The molecule has 1 heterocycles. The Morgan fingerprint density at radius 1 is 1.19 bits per heavy atom. The van der Waals surface area contributed by atoms with E-state index >= 15 is 0 Å². The van der Waals surface area contributed by atoms with Crippen molar-refractivity contribution in [3.05, 3.63) is 59.9 Å². The van der Waals surface area contributed by atoms with Gasteiger partial charge in [0.25, 0.3) is 0 Å². The lowest BCUT2D eigenvalue weighted by Gasteiger charge is -2.25. The molecule has 0 saturated carbocycles. The zero-order chi connectivity index (χ0) is 15.2. The molecule has 0 bridgehead atoms. The number of rotatable bonds is 6. The Hall–Kier alpha value is -2.01. The van der Waals surface area contributed by atoms with E-state index in [1.807, 2.05) is 17.9 Å². The van der Waals surface area contributed by atoms with Gasteiger partial charge in [-0.05, 0) is 37.6 Å². The van der Waals surface area contributed by atoms with Gasteiger partial charge in [0.05, 0.1) is 17.6 Å². The van der Waals surface area contributed by atoms with Crippen LogP contribution in [0.5, 0.6) is 0 Å². The molecule has 21 heavy (non-hydrogen) atoms. The Morgan fingerprint density at radius 2 is 1.95 bits per heavy atom. The molecule has 0 amide bonds. The molecular weight excluding hydrogens is 272 g/mol.